The highest BCUT2D eigenvalue weighted by Gasteiger charge is 2.50. The number of quaternary nitrogens is 1. The van der Waals surface area contributed by atoms with Gasteiger partial charge in [-0.05, 0) is 51.7 Å². The molecule has 0 bridgehead atoms. The predicted octanol–water partition coefficient (Wildman–Crippen LogP) is 4.34. The van der Waals surface area contributed by atoms with Crippen molar-refractivity contribution in [1.82, 2.24) is 0 Å². The average Bonchev–Trinajstić information content (AvgIpc) is 3.38. The summed E-state index contributed by atoms with van der Waals surface area (Å²) in [5, 5.41) is 24.5. The molecule has 3 rings (SSSR count). The van der Waals surface area contributed by atoms with Gasteiger partial charge < -0.3 is 10.4 Å². The van der Waals surface area contributed by atoms with Crippen LogP contribution < -0.4 is 5.32 Å². The fourth-order valence-corrected chi connectivity index (χ4v) is 4.07. The van der Waals surface area contributed by atoms with E-state index in [9.17, 15) is 20.0 Å². The molecule has 1 saturated carbocycles. The Morgan fingerprint density at radius 1 is 1.23 bits per heavy atom. The summed E-state index contributed by atoms with van der Waals surface area (Å²) in [6, 6.07) is 5.46. The molecule has 142 valence electrons. The van der Waals surface area contributed by atoms with Crippen LogP contribution in [0, 0.1) is 10.1 Å². The molecule has 1 aromatic carbocycles. The lowest BCUT2D eigenvalue weighted by Crippen LogP contribution is -2.66. The zero-order chi connectivity index (χ0) is 19.1. The van der Waals surface area contributed by atoms with Gasteiger partial charge in [0.05, 0.1) is 18.0 Å². The molecule has 1 aliphatic heterocycles. The third kappa shape index (κ3) is 3.40. The fraction of sp³-hybridized carbons (Fsp3) is 0.632. The van der Waals surface area contributed by atoms with Crippen molar-refractivity contribution >= 4 is 17.5 Å². The molecule has 0 spiro atoms. The van der Waals surface area contributed by atoms with Crippen molar-refractivity contribution in [2.45, 2.75) is 64.0 Å². The number of carbonyl (C=O) groups is 1. The van der Waals surface area contributed by atoms with Crippen molar-refractivity contribution in [2.24, 2.45) is 0 Å². The smallest absolute Gasteiger partial charge is 0.435 e. The second-order valence-corrected chi connectivity index (χ2v) is 8.59. The quantitative estimate of drug-likeness (QED) is 0.472. The van der Waals surface area contributed by atoms with Gasteiger partial charge in [0.1, 0.15) is 5.54 Å². The lowest BCUT2D eigenvalue weighted by molar-refractivity contribution is -0.907. The van der Waals surface area contributed by atoms with Crippen LogP contribution in [0.4, 0.5) is 16.2 Å². The van der Waals surface area contributed by atoms with Gasteiger partial charge in [0.15, 0.2) is 0 Å². The van der Waals surface area contributed by atoms with Crippen LogP contribution in [0.5, 0.6) is 0 Å². The number of nitrogens with zero attached hydrogens (tertiary/aromatic N) is 2. The monoisotopic (exact) mass is 362 g/mol. The van der Waals surface area contributed by atoms with Crippen molar-refractivity contribution in [3.8, 4) is 0 Å². The van der Waals surface area contributed by atoms with Gasteiger partial charge in [0.2, 0.25) is 0 Å². The van der Waals surface area contributed by atoms with Crippen LogP contribution in [-0.4, -0.2) is 45.3 Å². The summed E-state index contributed by atoms with van der Waals surface area (Å²) in [4.78, 5) is 22.8. The van der Waals surface area contributed by atoms with E-state index in [2.05, 4.69) is 5.32 Å². The molecule has 1 amide bonds. The summed E-state index contributed by atoms with van der Waals surface area (Å²) in [5.74, 6) is 0.306. The molecule has 0 aromatic heterocycles. The normalized spacial score (nSPS) is 26.3. The molecule has 1 saturated heterocycles. The zero-order valence-corrected chi connectivity index (χ0v) is 15.7. The molecule has 1 aromatic rings. The number of hydrogen-bond acceptors (Lipinski definition) is 4. The molecule has 1 aliphatic carbocycles. The van der Waals surface area contributed by atoms with Crippen LogP contribution in [0.25, 0.3) is 0 Å². The third-order valence-electron chi connectivity index (χ3n) is 5.98. The van der Waals surface area contributed by atoms with Crippen LogP contribution in [0.15, 0.2) is 18.2 Å². The number of carboxylic acid groups (broad SMARTS) is 1. The molecular weight excluding hydrogens is 334 g/mol. The topological polar surface area (TPSA) is 92.5 Å². The molecule has 26 heavy (non-hydrogen) atoms. The van der Waals surface area contributed by atoms with E-state index in [0.29, 0.717) is 19.0 Å². The Morgan fingerprint density at radius 2 is 1.85 bits per heavy atom. The van der Waals surface area contributed by atoms with Crippen molar-refractivity contribution in [1.29, 1.82) is 0 Å². The Morgan fingerprint density at radius 3 is 2.31 bits per heavy atom. The van der Waals surface area contributed by atoms with E-state index in [1.807, 2.05) is 26.8 Å². The maximum absolute atomic E-state index is 11.9. The lowest BCUT2D eigenvalue weighted by Gasteiger charge is -2.47. The Hall–Kier alpha value is -2.15. The molecule has 2 fully saturated rings. The maximum Gasteiger partial charge on any atom is 0.513 e. The standard InChI is InChI=1S/C19H27N3O4/c1-19(2,3)22(18(23)24)10-8-14(9-11-22)20-15-6-7-17(21(25)26)16(12-15)13-4-5-13/h6-7,12-14,20H,4-5,8-11H2,1-3H3/p+1. The molecule has 2 N–H and O–H groups in total. The summed E-state index contributed by atoms with van der Waals surface area (Å²) in [6.07, 6.45) is 2.79. The fourth-order valence-electron chi connectivity index (χ4n) is 4.07. The second kappa shape index (κ2) is 6.54. The van der Waals surface area contributed by atoms with E-state index in [4.69, 9.17) is 0 Å². The van der Waals surface area contributed by atoms with E-state index >= 15 is 0 Å². The average molecular weight is 362 g/mol. The first-order valence-corrected chi connectivity index (χ1v) is 9.29. The predicted molar refractivity (Wildman–Crippen MR) is 99.5 cm³/mol. The number of nitro groups is 1. The van der Waals surface area contributed by atoms with Gasteiger partial charge >= 0.3 is 6.09 Å². The van der Waals surface area contributed by atoms with Gasteiger partial charge in [-0.15, -0.1) is 0 Å². The van der Waals surface area contributed by atoms with E-state index in [1.165, 1.54) is 0 Å². The summed E-state index contributed by atoms with van der Waals surface area (Å²) in [5.41, 5.74) is 1.58. The lowest BCUT2D eigenvalue weighted by atomic mass is 9.93. The van der Waals surface area contributed by atoms with Gasteiger partial charge in [-0.25, -0.2) is 4.48 Å². The van der Waals surface area contributed by atoms with E-state index < -0.39 is 6.09 Å². The highest BCUT2D eigenvalue weighted by atomic mass is 16.6. The van der Waals surface area contributed by atoms with E-state index in [1.54, 1.807) is 12.1 Å². The molecule has 0 atom stereocenters. The second-order valence-electron chi connectivity index (χ2n) is 8.59. The molecular formula is C19H28N3O4+. The molecule has 7 heteroatoms. The summed E-state index contributed by atoms with van der Waals surface area (Å²) >= 11 is 0. The van der Waals surface area contributed by atoms with Crippen LogP contribution in [0.3, 0.4) is 0 Å². The first kappa shape index (κ1) is 18.6. The van der Waals surface area contributed by atoms with Gasteiger partial charge in [-0.2, -0.15) is 4.79 Å². The Labute approximate surface area is 153 Å². The first-order chi connectivity index (χ1) is 12.1. The first-order valence-electron chi connectivity index (χ1n) is 9.29. The van der Waals surface area contributed by atoms with Crippen LogP contribution in [-0.2, 0) is 0 Å². The number of anilines is 1. The van der Waals surface area contributed by atoms with Crippen LogP contribution >= 0.6 is 0 Å². The molecule has 2 aliphatic rings. The number of nitrogens with one attached hydrogen (secondary N) is 1. The minimum atomic E-state index is -0.762. The molecule has 0 unspecified atom stereocenters. The third-order valence-corrected chi connectivity index (χ3v) is 5.98. The molecule has 7 nitrogen and oxygen atoms in total. The largest absolute Gasteiger partial charge is 0.513 e. The zero-order valence-electron chi connectivity index (χ0n) is 15.7. The van der Waals surface area contributed by atoms with Crippen molar-refractivity contribution < 1.29 is 19.3 Å². The SMILES string of the molecule is CC(C)(C)[N+]1(C(=O)O)CCC(Nc2ccc([N+](=O)[O-])c(C3CC3)c2)CC1. The highest BCUT2D eigenvalue weighted by Crippen LogP contribution is 2.45. The molecule has 1 heterocycles. The highest BCUT2D eigenvalue weighted by molar-refractivity contribution is 5.58. The Kier molecular flexibility index (Phi) is 4.69. The van der Waals surface area contributed by atoms with E-state index in [0.717, 1.165) is 36.9 Å². The number of likely N-dealkylation sites (tertiary alicyclic amines) is 1. The van der Waals surface area contributed by atoms with Gasteiger partial charge in [-0.3, -0.25) is 10.1 Å². The maximum atomic E-state index is 11.9. The number of piperidine rings is 1. The van der Waals surface area contributed by atoms with Crippen LogP contribution in [0.2, 0.25) is 0 Å². The number of nitro benzene ring substituents is 1. The Balaban J connectivity index is 1.71. The number of rotatable bonds is 4. The van der Waals surface area contributed by atoms with Gasteiger partial charge in [-0.1, -0.05) is 0 Å². The van der Waals surface area contributed by atoms with E-state index in [-0.39, 0.29) is 26.7 Å². The van der Waals surface area contributed by atoms with Crippen molar-refractivity contribution in [3.05, 3.63) is 33.9 Å². The summed E-state index contributed by atoms with van der Waals surface area (Å²) < 4.78 is 0.0821. The number of hydrogen-bond donors (Lipinski definition) is 2. The Bertz CT molecular complexity index is 714. The minimum Gasteiger partial charge on any atom is -0.435 e. The molecule has 0 radical (unpaired) electrons. The summed E-state index contributed by atoms with van der Waals surface area (Å²) in [7, 11) is 0. The van der Waals surface area contributed by atoms with Crippen molar-refractivity contribution in [3.63, 3.8) is 0 Å². The minimum absolute atomic E-state index is 0.0821. The van der Waals surface area contributed by atoms with Gasteiger partial charge in [0.25, 0.3) is 5.69 Å². The van der Waals surface area contributed by atoms with Crippen molar-refractivity contribution in [2.75, 3.05) is 18.4 Å². The van der Waals surface area contributed by atoms with Gasteiger partial charge in [0, 0.05) is 36.2 Å². The number of benzene rings is 1. The summed E-state index contributed by atoms with van der Waals surface area (Å²) in [6.45, 7) is 7.10. The van der Waals surface area contributed by atoms with Crippen LogP contribution in [0.1, 0.15) is 57.9 Å². The number of amides is 1.